The zero-order valence-electron chi connectivity index (χ0n) is 20.3. The molecule has 0 saturated carbocycles. The van der Waals surface area contributed by atoms with Gasteiger partial charge in [-0.1, -0.05) is 6.07 Å². The zero-order chi connectivity index (χ0) is 27.0. The lowest BCUT2D eigenvalue weighted by molar-refractivity contribution is -0.138. The Balaban J connectivity index is 1.33. The number of nitrogens with zero attached hydrogens (tertiary/aromatic N) is 3. The van der Waals surface area contributed by atoms with Crippen LogP contribution in [-0.4, -0.2) is 21.6 Å². The van der Waals surface area contributed by atoms with Gasteiger partial charge in [0, 0.05) is 29.9 Å². The van der Waals surface area contributed by atoms with Gasteiger partial charge in [0.2, 0.25) is 5.88 Å². The summed E-state index contributed by atoms with van der Waals surface area (Å²) in [5.41, 5.74) is 1.51. The van der Waals surface area contributed by atoms with E-state index in [0.29, 0.717) is 24.2 Å². The van der Waals surface area contributed by atoms with Crippen molar-refractivity contribution in [2.24, 2.45) is 0 Å². The van der Waals surface area contributed by atoms with Gasteiger partial charge in [-0.2, -0.15) is 18.2 Å². The second-order valence-corrected chi connectivity index (χ2v) is 8.68. The highest BCUT2D eigenvalue weighted by Gasteiger charge is 2.33. The summed E-state index contributed by atoms with van der Waals surface area (Å²) < 4.78 is 71.9. The standard InChI is InChI=1S/C27H21F4N3O4/c1-15-3-4-19(11-21(15)27(29,30)31)38-25-22(28)9-16(13-32-25)14-37-24-12-23-20-6-5-18(36-2)10-17(20)7-8-34(23)26(35)33-24/h3-6,9-13H,7-8,14H2,1-2H3. The Morgan fingerprint density at radius 1 is 1.05 bits per heavy atom. The van der Waals surface area contributed by atoms with Crippen LogP contribution in [0.1, 0.15) is 22.3 Å². The third kappa shape index (κ3) is 5.04. The summed E-state index contributed by atoms with van der Waals surface area (Å²) in [5, 5.41) is 0. The number of aromatic nitrogens is 3. The van der Waals surface area contributed by atoms with Crippen LogP contribution in [0.25, 0.3) is 11.3 Å². The van der Waals surface area contributed by atoms with Crippen LogP contribution in [0.4, 0.5) is 17.6 Å². The molecule has 0 saturated heterocycles. The molecule has 0 N–H and O–H groups in total. The Hall–Kier alpha value is -4.41. The predicted octanol–water partition coefficient (Wildman–Crippen LogP) is 5.71. The summed E-state index contributed by atoms with van der Waals surface area (Å²) >= 11 is 0. The van der Waals surface area contributed by atoms with E-state index in [1.807, 2.05) is 12.1 Å². The van der Waals surface area contributed by atoms with Crippen molar-refractivity contribution in [3.8, 4) is 34.5 Å². The van der Waals surface area contributed by atoms with Gasteiger partial charge >= 0.3 is 11.9 Å². The fourth-order valence-electron chi connectivity index (χ4n) is 4.24. The number of rotatable bonds is 6. The van der Waals surface area contributed by atoms with Crippen LogP contribution < -0.4 is 19.9 Å². The predicted molar refractivity (Wildman–Crippen MR) is 129 cm³/mol. The lowest BCUT2D eigenvalue weighted by Gasteiger charge is -2.22. The summed E-state index contributed by atoms with van der Waals surface area (Å²) in [7, 11) is 1.58. The van der Waals surface area contributed by atoms with Gasteiger partial charge in [0.25, 0.3) is 5.88 Å². The molecule has 2 aromatic heterocycles. The van der Waals surface area contributed by atoms with E-state index in [0.717, 1.165) is 29.0 Å². The topological polar surface area (TPSA) is 75.5 Å². The molecule has 0 aliphatic carbocycles. The minimum atomic E-state index is -4.57. The first-order valence-electron chi connectivity index (χ1n) is 11.5. The van der Waals surface area contributed by atoms with E-state index in [1.54, 1.807) is 23.8 Å². The Kier molecular flexibility index (Phi) is 6.52. The number of alkyl halides is 3. The number of halogens is 4. The molecular formula is C27H21F4N3O4. The van der Waals surface area contributed by atoms with Gasteiger partial charge in [-0.25, -0.2) is 14.2 Å². The molecule has 0 spiro atoms. The van der Waals surface area contributed by atoms with E-state index in [9.17, 15) is 22.4 Å². The molecule has 0 fully saturated rings. The van der Waals surface area contributed by atoms with Crippen molar-refractivity contribution in [1.29, 1.82) is 0 Å². The molecular weight excluding hydrogens is 506 g/mol. The lowest BCUT2D eigenvalue weighted by atomic mass is 9.97. The Bertz CT molecular complexity index is 1580. The fraction of sp³-hybridized carbons (Fsp3) is 0.222. The van der Waals surface area contributed by atoms with Gasteiger partial charge in [0.1, 0.15) is 18.1 Å². The number of aryl methyl sites for hydroxylation is 2. The molecule has 2 aromatic carbocycles. The number of fused-ring (bicyclic) bond motifs is 3. The molecule has 0 unspecified atom stereocenters. The molecule has 0 atom stereocenters. The van der Waals surface area contributed by atoms with Gasteiger partial charge in [0.15, 0.2) is 5.82 Å². The van der Waals surface area contributed by atoms with Gasteiger partial charge < -0.3 is 14.2 Å². The van der Waals surface area contributed by atoms with E-state index >= 15 is 0 Å². The highest BCUT2D eigenvalue weighted by Crippen LogP contribution is 2.36. The van der Waals surface area contributed by atoms with Crippen LogP contribution in [0.15, 0.2) is 59.5 Å². The van der Waals surface area contributed by atoms with Crippen molar-refractivity contribution >= 4 is 0 Å². The van der Waals surface area contributed by atoms with Crippen LogP contribution in [0.5, 0.6) is 23.3 Å². The molecule has 38 heavy (non-hydrogen) atoms. The monoisotopic (exact) mass is 527 g/mol. The first-order chi connectivity index (χ1) is 18.1. The average Bonchev–Trinajstić information content (AvgIpc) is 2.88. The Morgan fingerprint density at radius 2 is 1.84 bits per heavy atom. The minimum Gasteiger partial charge on any atom is -0.497 e. The van der Waals surface area contributed by atoms with Crippen LogP contribution in [0.2, 0.25) is 0 Å². The maximum absolute atomic E-state index is 14.6. The van der Waals surface area contributed by atoms with Crippen LogP contribution in [0, 0.1) is 12.7 Å². The molecule has 3 heterocycles. The van der Waals surface area contributed by atoms with Gasteiger partial charge in [-0.3, -0.25) is 4.57 Å². The van der Waals surface area contributed by atoms with Gasteiger partial charge in [-0.05, 0) is 60.9 Å². The number of methoxy groups -OCH3 is 1. The first kappa shape index (κ1) is 25.2. The molecule has 11 heteroatoms. The smallest absolute Gasteiger partial charge is 0.416 e. The van der Waals surface area contributed by atoms with Crippen LogP contribution >= 0.6 is 0 Å². The van der Waals surface area contributed by atoms with E-state index in [1.165, 1.54) is 25.3 Å². The third-order valence-electron chi connectivity index (χ3n) is 6.16. The molecule has 1 aliphatic heterocycles. The fourth-order valence-corrected chi connectivity index (χ4v) is 4.24. The maximum atomic E-state index is 14.6. The molecule has 0 bridgehead atoms. The molecule has 196 valence electrons. The number of ether oxygens (including phenoxy) is 3. The van der Waals surface area contributed by atoms with E-state index < -0.39 is 29.1 Å². The number of hydrogen-bond acceptors (Lipinski definition) is 6. The van der Waals surface area contributed by atoms with Crippen molar-refractivity contribution < 1.29 is 31.8 Å². The molecule has 0 radical (unpaired) electrons. The highest BCUT2D eigenvalue weighted by atomic mass is 19.4. The summed E-state index contributed by atoms with van der Waals surface area (Å²) in [5.74, 6) is -0.792. The summed E-state index contributed by atoms with van der Waals surface area (Å²) in [6.07, 6.45) is -2.65. The third-order valence-corrected chi connectivity index (χ3v) is 6.16. The van der Waals surface area contributed by atoms with Crippen LogP contribution in [-0.2, 0) is 25.7 Å². The molecule has 1 aliphatic rings. The van der Waals surface area contributed by atoms with Crippen molar-refractivity contribution in [3.05, 3.63) is 93.3 Å². The summed E-state index contributed by atoms with van der Waals surface area (Å²) in [6.45, 7) is 1.63. The second-order valence-electron chi connectivity index (χ2n) is 8.68. The summed E-state index contributed by atoms with van der Waals surface area (Å²) in [6, 6.07) is 11.7. The number of benzene rings is 2. The Morgan fingerprint density at radius 3 is 2.58 bits per heavy atom. The molecule has 5 rings (SSSR count). The largest absolute Gasteiger partial charge is 0.497 e. The minimum absolute atomic E-state index is 0.0180. The molecule has 7 nitrogen and oxygen atoms in total. The first-order valence-corrected chi connectivity index (χ1v) is 11.5. The SMILES string of the molecule is COc1ccc2c(c1)CCn1c-2cc(OCc2cnc(Oc3ccc(C)c(C(F)(F)F)c3)c(F)c2)nc1=O. The van der Waals surface area contributed by atoms with Gasteiger partial charge in [-0.15, -0.1) is 0 Å². The molecule has 4 aromatic rings. The van der Waals surface area contributed by atoms with Crippen molar-refractivity contribution in [3.63, 3.8) is 0 Å². The zero-order valence-corrected chi connectivity index (χ0v) is 20.3. The normalized spacial score (nSPS) is 12.5. The van der Waals surface area contributed by atoms with E-state index in [2.05, 4.69) is 9.97 Å². The van der Waals surface area contributed by atoms with E-state index in [4.69, 9.17) is 14.2 Å². The van der Waals surface area contributed by atoms with E-state index in [-0.39, 0.29) is 23.8 Å². The van der Waals surface area contributed by atoms with Crippen molar-refractivity contribution in [2.45, 2.75) is 32.7 Å². The van der Waals surface area contributed by atoms with Gasteiger partial charge in [0.05, 0.1) is 18.4 Å². The highest BCUT2D eigenvalue weighted by molar-refractivity contribution is 5.67. The maximum Gasteiger partial charge on any atom is 0.416 e. The quantitative estimate of drug-likeness (QED) is 0.299. The number of hydrogen-bond donors (Lipinski definition) is 0. The second kappa shape index (κ2) is 9.81. The Labute approximate surface area is 214 Å². The number of pyridine rings is 1. The van der Waals surface area contributed by atoms with Crippen LogP contribution in [0.3, 0.4) is 0 Å². The lowest BCUT2D eigenvalue weighted by Crippen LogP contribution is -2.28. The summed E-state index contributed by atoms with van der Waals surface area (Å²) in [4.78, 5) is 20.4. The molecule has 0 amide bonds. The average molecular weight is 527 g/mol. The van der Waals surface area contributed by atoms with Crippen molar-refractivity contribution in [1.82, 2.24) is 14.5 Å². The van der Waals surface area contributed by atoms with Crippen molar-refractivity contribution in [2.75, 3.05) is 7.11 Å².